The lowest BCUT2D eigenvalue weighted by atomic mass is 10.1. The van der Waals surface area contributed by atoms with Crippen LogP contribution in [0.5, 0.6) is 11.5 Å². The minimum absolute atomic E-state index is 0.554. The zero-order chi connectivity index (χ0) is 18.0. The predicted octanol–water partition coefficient (Wildman–Crippen LogP) is 4.61. The van der Waals surface area contributed by atoms with Crippen molar-refractivity contribution < 1.29 is 9.47 Å². The van der Waals surface area contributed by atoms with Crippen LogP contribution in [0.15, 0.2) is 78.9 Å². The summed E-state index contributed by atoms with van der Waals surface area (Å²) in [5.41, 5.74) is 3.63. The summed E-state index contributed by atoms with van der Waals surface area (Å²) in [6, 6.07) is 26.7. The van der Waals surface area contributed by atoms with E-state index in [0.29, 0.717) is 6.61 Å². The fourth-order valence-corrected chi connectivity index (χ4v) is 2.80. The molecule has 0 aliphatic heterocycles. The fraction of sp³-hybridized carbons (Fsp3) is 0.217. The molecule has 0 spiro atoms. The van der Waals surface area contributed by atoms with E-state index in [2.05, 4.69) is 47.8 Å². The van der Waals surface area contributed by atoms with Crippen molar-refractivity contribution >= 4 is 0 Å². The van der Waals surface area contributed by atoms with Gasteiger partial charge in [-0.3, -0.25) is 0 Å². The third-order valence-corrected chi connectivity index (χ3v) is 4.26. The molecule has 0 fully saturated rings. The summed E-state index contributed by atoms with van der Waals surface area (Å²) in [5, 5.41) is 3.48. The molecule has 0 bridgehead atoms. The minimum Gasteiger partial charge on any atom is -0.496 e. The van der Waals surface area contributed by atoms with Gasteiger partial charge in [-0.25, -0.2) is 0 Å². The first kappa shape index (κ1) is 18.0. The molecular formula is C23H25NO2. The molecule has 0 aliphatic carbocycles. The molecule has 3 nitrogen and oxygen atoms in total. The summed E-state index contributed by atoms with van der Waals surface area (Å²) in [6.45, 7) is 2.26. The largest absolute Gasteiger partial charge is 0.496 e. The van der Waals surface area contributed by atoms with Crippen molar-refractivity contribution in [1.82, 2.24) is 5.32 Å². The molecule has 1 N–H and O–H groups in total. The molecule has 3 aromatic rings. The van der Waals surface area contributed by atoms with E-state index in [-0.39, 0.29) is 0 Å². The molecule has 0 atom stereocenters. The fourth-order valence-electron chi connectivity index (χ4n) is 2.80. The second-order valence-corrected chi connectivity index (χ2v) is 6.16. The van der Waals surface area contributed by atoms with Gasteiger partial charge in [0.2, 0.25) is 0 Å². The van der Waals surface area contributed by atoms with E-state index < -0.39 is 0 Å². The molecular weight excluding hydrogens is 322 g/mol. The lowest BCUT2D eigenvalue weighted by Crippen LogP contribution is -2.17. The molecule has 3 aromatic carbocycles. The van der Waals surface area contributed by atoms with Gasteiger partial charge in [0.15, 0.2) is 0 Å². The second kappa shape index (κ2) is 9.64. The van der Waals surface area contributed by atoms with Gasteiger partial charge in [0.1, 0.15) is 18.1 Å². The standard InChI is InChI=1S/C23H25NO2/c1-25-23-16-22(26-18-20-10-6-3-7-11-20)13-12-21(23)17-24-15-14-19-8-4-2-5-9-19/h2-13,16,24H,14-15,17-18H2,1H3. The zero-order valence-electron chi connectivity index (χ0n) is 15.2. The number of nitrogens with one attached hydrogen (secondary N) is 1. The highest BCUT2D eigenvalue weighted by molar-refractivity contribution is 5.40. The monoisotopic (exact) mass is 347 g/mol. The van der Waals surface area contributed by atoms with Crippen LogP contribution in [0, 0.1) is 0 Å². The summed E-state index contributed by atoms with van der Waals surface area (Å²) in [5.74, 6) is 1.67. The number of hydrogen-bond acceptors (Lipinski definition) is 3. The van der Waals surface area contributed by atoms with Crippen LogP contribution in [0.2, 0.25) is 0 Å². The van der Waals surface area contributed by atoms with E-state index in [0.717, 1.165) is 42.1 Å². The van der Waals surface area contributed by atoms with Crippen LogP contribution in [0.4, 0.5) is 0 Å². The Labute approximate surface area is 155 Å². The molecule has 0 radical (unpaired) electrons. The summed E-state index contributed by atoms with van der Waals surface area (Å²) >= 11 is 0. The number of methoxy groups -OCH3 is 1. The maximum atomic E-state index is 5.87. The van der Waals surface area contributed by atoms with Gasteiger partial charge < -0.3 is 14.8 Å². The number of benzene rings is 3. The number of hydrogen-bond donors (Lipinski definition) is 1. The third-order valence-electron chi connectivity index (χ3n) is 4.26. The van der Waals surface area contributed by atoms with Gasteiger partial charge in [-0.2, -0.15) is 0 Å². The van der Waals surface area contributed by atoms with Crippen molar-refractivity contribution in [2.45, 2.75) is 19.6 Å². The van der Waals surface area contributed by atoms with E-state index in [1.807, 2.05) is 36.4 Å². The summed E-state index contributed by atoms with van der Waals surface area (Å²) < 4.78 is 11.4. The van der Waals surface area contributed by atoms with Crippen molar-refractivity contribution in [3.8, 4) is 11.5 Å². The van der Waals surface area contributed by atoms with Gasteiger partial charge in [0.25, 0.3) is 0 Å². The average molecular weight is 347 g/mol. The van der Waals surface area contributed by atoms with Gasteiger partial charge in [-0.05, 0) is 30.2 Å². The van der Waals surface area contributed by atoms with E-state index in [1.54, 1.807) is 7.11 Å². The van der Waals surface area contributed by atoms with Crippen molar-refractivity contribution in [2.75, 3.05) is 13.7 Å². The smallest absolute Gasteiger partial charge is 0.127 e. The Morgan fingerprint density at radius 1 is 0.808 bits per heavy atom. The topological polar surface area (TPSA) is 30.5 Å². The molecule has 0 saturated heterocycles. The van der Waals surface area contributed by atoms with Crippen molar-refractivity contribution in [3.63, 3.8) is 0 Å². The van der Waals surface area contributed by atoms with Crippen LogP contribution in [-0.4, -0.2) is 13.7 Å². The van der Waals surface area contributed by atoms with Crippen molar-refractivity contribution in [2.24, 2.45) is 0 Å². The minimum atomic E-state index is 0.554. The van der Waals surface area contributed by atoms with Crippen molar-refractivity contribution in [1.29, 1.82) is 0 Å². The summed E-state index contributed by atoms with van der Waals surface area (Å²) in [7, 11) is 1.70. The van der Waals surface area contributed by atoms with E-state index >= 15 is 0 Å². The van der Waals surface area contributed by atoms with Gasteiger partial charge in [-0.1, -0.05) is 66.7 Å². The third kappa shape index (κ3) is 5.36. The Morgan fingerprint density at radius 3 is 2.19 bits per heavy atom. The van der Waals surface area contributed by atoms with Gasteiger partial charge in [-0.15, -0.1) is 0 Å². The molecule has 0 saturated carbocycles. The van der Waals surface area contributed by atoms with Crippen LogP contribution in [0.3, 0.4) is 0 Å². The Balaban J connectivity index is 1.51. The molecule has 0 amide bonds. The molecule has 0 unspecified atom stereocenters. The van der Waals surface area contributed by atoms with E-state index in [9.17, 15) is 0 Å². The summed E-state index contributed by atoms with van der Waals surface area (Å²) in [6.07, 6.45) is 1.02. The molecule has 3 rings (SSSR count). The van der Waals surface area contributed by atoms with E-state index in [4.69, 9.17) is 9.47 Å². The van der Waals surface area contributed by atoms with Gasteiger partial charge in [0.05, 0.1) is 7.11 Å². The normalized spacial score (nSPS) is 10.5. The highest BCUT2D eigenvalue weighted by atomic mass is 16.5. The SMILES string of the molecule is COc1cc(OCc2ccccc2)ccc1CNCCc1ccccc1. The maximum absolute atomic E-state index is 5.87. The average Bonchev–Trinajstić information content (AvgIpc) is 2.71. The van der Waals surface area contributed by atoms with Crippen LogP contribution in [0.1, 0.15) is 16.7 Å². The first-order valence-electron chi connectivity index (χ1n) is 8.93. The molecule has 0 heterocycles. The van der Waals surface area contributed by atoms with E-state index in [1.165, 1.54) is 5.56 Å². The lowest BCUT2D eigenvalue weighted by molar-refractivity contribution is 0.303. The van der Waals surface area contributed by atoms with Crippen LogP contribution < -0.4 is 14.8 Å². The van der Waals surface area contributed by atoms with Gasteiger partial charge in [0, 0.05) is 18.2 Å². The Hall–Kier alpha value is -2.78. The second-order valence-electron chi connectivity index (χ2n) is 6.16. The first-order chi connectivity index (χ1) is 12.8. The Morgan fingerprint density at radius 2 is 1.50 bits per heavy atom. The van der Waals surface area contributed by atoms with Crippen LogP contribution >= 0.6 is 0 Å². The molecule has 134 valence electrons. The molecule has 0 aromatic heterocycles. The highest BCUT2D eigenvalue weighted by Gasteiger charge is 2.05. The number of rotatable bonds is 9. The number of ether oxygens (including phenoxy) is 2. The van der Waals surface area contributed by atoms with Crippen LogP contribution in [-0.2, 0) is 19.6 Å². The van der Waals surface area contributed by atoms with Crippen LogP contribution in [0.25, 0.3) is 0 Å². The quantitative estimate of drug-likeness (QED) is 0.574. The first-order valence-corrected chi connectivity index (χ1v) is 8.93. The molecule has 26 heavy (non-hydrogen) atoms. The van der Waals surface area contributed by atoms with Crippen molar-refractivity contribution in [3.05, 3.63) is 95.6 Å². The maximum Gasteiger partial charge on any atom is 0.127 e. The highest BCUT2D eigenvalue weighted by Crippen LogP contribution is 2.25. The lowest BCUT2D eigenvalue weighted by Gasteiger charge is -2.13. The molecule has 3 heteroatoms. The predicted molar refractivity (Wildman–Crippen MR) is 106 cm³/mol. The summed E-state index contributed by atoms with van der Waals surface area (Å²) in [4.78, 5) is 0. The zero-order valence-corrected chi connectivity index (χ0v) is 15.2. The Bertz CT molecular complexity index is 788. The van der Waals surface area contributed by atoms with Gasteiger partial charge >= 0.3 is 0 Å². The Kier molecular flexibility index (Phi) is 6.68. The molecule has 0 aliphatic rings.